The highest BCUT2D eigenvalue weighted by Gasteiger charge is 2.61. The lowest BCUT2D eigenvalue weighted by atomic mass is 9.85. The van der Waals surface area contributed by atoms with Gasteiger partial charge in [-0.2, -0.15) is 0 Å². The van der Waals surface area contributed by atoms with Gasteiger partial charge in [0.15, 0.2) is 11.6 Å². The molecule has 1 spiro atoms. The number of ether oxygens (including phenoxy) is 2. The molecule has 0 aromatic heterocycles. The monoisotopic (exact) mass is 532 g/mol. The number of hydrogen-bond acceptors (Lipinski definition) is 5. The van der Waals surface area contributed by atoms with Gasteiger partial charge in [0.1, 0.15) is 12.6 Å². The Bertz CT molecular complexity index is 1430. The van der Waals surface area contributed by atoms with Gasteiger partial charge in [-0.3, -0.25) is 9.80 Å². The first-order valence-electron chi connectivity index (χ1n) is 13.7. The summed E-state index contributed by atoms with van der Waals surface area (Å²) in [5.41, 5.74) is 2.59. The molecule has 0 unspecified atom stereocenters. The molecule has 0 N–H and O–H groups in total. The van der Waals surface area contributed by atoms with Crippen LogP contribution in [0, 0.1) is 0 Å². The van der Waals surface area contributed by atoms with E-state index in [1.54, 1.807) is 4.90 Å². The molecule has 2 fully saturated rings. The van der Waals surface area contributed by atoms with Gasteiger partial charge in [-0.25, -0.2) is 9.59 Å². The average Bonchev–Trinajstić information content (AvgIpc) is 3.43. The van der Waals surface area contributed by atoms with Crippen LogP contribution in [0.5, 0.6) is 0 Å². The molecule has 6 rings (SSSR count). The van der Waals surface area contributed by atoms with Gasteiger partial charge in [0, 0.05) is 19.6 Å². The Morgan fingerprint density at radius 3 is 1.95 bits per heavy atom. The molecule has 4 aromatic rings. The Kier molecular flexibility index (Phi) is 7.34. The predicted octanol–water partition coefficient (Wildman–Crippen LogP) is 6.31. The van der Waals surface area contributed by atoms with E-state index >= 15 is 0 Å². The molecule has 0 bridgehead atoms. The van der Waals surface area contributed by atoms with Crippen LogP contribution < -0.4 is 0 Å². The normalized spacial score (nSPS) is 22.7. The molecule has 40 heavy (non-hydrogen) atoms. The minimum atomic E-state index is -1.17. The number of amides is 1. The number of rotatable bonds is 6. The Hall–Kier alpha value is -4.42. The third-order valence-electron chi connectivity index (χ3n) is 7.89. The Morgan fingerprint density at radius 1 is 0.775 bits per heavy atom. The van der Waals surface area contributed by atoms with E-state index in [2.05, 4.69) is 17.0 Å². The maximum absolute atomic E-state index is 14.2. The first-order valence-corrected chi connectivity index (χ1v) is 13.7. The largest absolute Gasteiger partial charge is 0.453 e. The van der Waals surface area contributed by atoms with Gasteiger partial charge in [0.05, 0.1) is 0 Å². The van der Waals surface area contributed by atoms with Crippen LogP contribution in [0.4, 0.5) is 4.79 Å². The lowest BCUT2D eigenvalue weighted by Crippen LogP contribution is -2.64. The number of cyclic esters (lactones) is 1. The molecule has 6 nitrogen and oxygen atoms in total. The summed E-state index contributed by atoms with van der Waals surface area (Å²) >= 11 is 0. The highest BCUT2D eigenvalue weighted by molar-refractivity contribution is 5.88. The van der Waals surface area contributed by atoms with Gasteiger partial charge in [-0.1, -0.05) is 121 Å². The van der Waals surface area contributed by atoms with E-state index in [0.29, 0.717) is 26.1 Å². The van der Waals surface area contributed by atoms with Gasteiger partial charge in [0.2, 0.25) is 0 Å². The summed E-state index contributed by atoms with van der Waals surface area (Å²) in [6, 6.07) is 38.7. The van der Waals surface area contributed by atoms with E-state index in [1.807, 2.05) is 109 Å². The summed E-state index contributed by atoms with van der Waals surface area (Å²) in [6.07, 6.45) is -0.727. The molecule has 0 aliphatic carbocycles. The third-order valence-corrected chi connectivity index (χ3v) is 7.89. The van der Waals surface area contributed by atoms with Crippen molar-refractivity contribution in [2.24, 2.45) is 0 Å². The van der Waals surface area contributed by atoms with E-state index in [1.165, 1.54) is 0 Å². The first kappa shape index (κ1) is 25.8. The molecule has 0 saturated carbocycles. The molecule has 4 aromatic carbocycles. The van der Waals surface area contributed by atoms with Gasteiger partial charge in [-0.15, -0.1) is 0 Å². The fourth-order valence-electron chi connectivity index (χ4n) is 5.94. The zero-order chi connectivity index (χ0) is 27.4. The maximum Gasteiger partial charge on any atom is 0.411 e. The van der Waals surface area contributed by atoms with Crippen LogP contribution in [-0.2, 0) is 27.4 Å². The second-order valence-corrected chi connectivity index (χ2v) is 10.5. The number of nitrogens with zero attached hydrogens (tertiary/aromatic N) is 2. The standard InChI is InChI=1S/C34H32N2O4/c37-32-34(21-22-35(25-34)23-26-13-5-1-6-14-26)36(33(38)39-24-27-15-7-2-8-16-27)30(28-17-9-3-10-18-28)31(40-32)29-19-11-4-12-20-29/h1-20,30-31H,21-25H2/t30-,31+,34+/m1/s1. The number of likely N-dealkylation sites (tertiary alicyclic amines) is 1. The molecule has 2 aliphatic rings. The Morgan fingerprint density at radius 2 is 1.32 bits per heavy atom. The number of benzene rings is 4. The van der Waals surface area contributed by atoms with Gasteiger partial charge >= 0.3 is 12.1 Å². The number of carbonyl (C=O) groups excluding carboxylic acids is 2. The number of hydrogen-bond donors (Lipinski definition) is 0. The molecule has 202 valence electrons. The fourth-order valence-corrected chi connectivity index (χ4v) is 5.94. The minimum Gasteiger partial charge on any atom is -0.453 e. The van der Waals surface area contributed by atoms with Crippen molar-refractivity contribution in [3.05, 3.63) is 144 Å². The molecule has 2 heterocycles. The molecular formula is C34H32N2O4. The van der Waals surface area contributed by atoms with Crippen molar-refractivity contribution >= 4 is 12.1 Å². The van der Waals surface area contributed by atoms with Crippen LogP contribution in [0.1, 0.15) is 40.8 Å². The quantitative estimate of drug-likeness (QED) is 0.273. The van der Waals surface area contributed by atoms with Crippen molar-refractivity contribution in [2.75, 3.05) is 13.1 Å². The summed E-state index contributed by atoms with van der Waals surface area (Å²) in [7, 11) is 0. The van der Waals surface area contributed by atoms with E-state index in [9.17, 15) is 9.59 Å². The fraction of sp³-hybridized carbons (Fsp3) is 0.235. The Balaban J connectivity index is 1.40. The van der Waals surface area contributed by atoms with E-state index < -0.39 is 23.8 Å². The van der Waals surface area contributed by atoms with Crippen molar-refractivity contribution < 1.29 is 19.1 Å². The van der Waals surface area contributed by atoms with Crippen molar-refractivity contribution in [1.29, 1.82) is 0 Å². The average molecular weight is 533 g/mol. The van der Waals surface area contributed by atoms with Gasteiger partial charge in [-0.05, 0) is 28.7 Å². The van der Waals surface area contributed by atoms with E-state index in [4.69, 9.17) is 9.47 Å². The second kappa shape index (κ2) is 11.4. The topological polar surface area (TPSA) is 59.1 Å². The summed E-state index contributed by atoms with van der Waals surface area (Å²) < 4.78 is 12.3. The Labute approximate surface area is 234 Å². The molecule has 2 aliphatic heterocycles. The maximum atomic E-state index is 14.2. The highest BCUT2D eigenvalue weighted by atomic mass is 16.6. The lowest BCUT2D eigenvalue weighted by molar-refractivity contribution is -0.185. The van der Waals surface area contributed by atoms with Crippen LogP contribution in [0.2, 0.25) is 0 Å². The lowest BCUT2D eigenvalue weighted by Gasteiger charge is -2.50. The zero-order valence-electron chi connectivity index (χ0n) is 22.3. The summed E-state index contributed by atoms with van der Waals surface area (Å²) in [5, 5.41) is 0. The molecule has 3 atom stereocenters. The molecule has 0 radical (unpaired) electrons. The van der Waals surface area contributed by atoms with Crippen LogP contribution >= 0.6 is 0 Å². The van der Waals surface area contributed by atoms with Crippen molar-refractivity contribution in [3.63, 3.8) is 0 Å². The van der Waals surface area contributed by atoms with Crippen molar-refractivity contribution in [2.45, 2.75) is 37.3 Å². The molecule has 1 amide bonds. The SMILES string of the molecule is O=C(OCc1ccccc1)N1[C@H](c2ccccc2)[C@H](c2ccccc2)OC(=O)[C@@]12CCN(Cc1ccccc1)C2. The molecule has 2 saturated heterocycles. The van der Waals surface area contributed by atoms with E-state index in [-0.39, 0.29) is 12.6 Å². The molecular weight excluding hydrogens is 500 g/mol. The number of esters is 1. The van der Waals surface area contributed by atoms with Crippen molar-refractivity contribution in [1.82, 2.24) is 9.80 Å². The number of morpholine rings is 1. The smallest absolute Gasteiger partial charge is 0.411 e. The number of carbonyl (C=O) groups is 2. The van der Waals surface area contributed by atoms with Gasteiger partial charge in [0.25, 0.3) is 0 Å². The zero-order valence-corrected chi connectivity index (χ0v) is 22.3. The summed E-state index contributed by atoms with van der Waals surface area (Å²) in [6.45, 7) is 1.82. The van der Waals surface area contributed by atoms with Crippen LogP contribution in [0.3, 0.4) is 0 Å². The van der Waals surface area contributed by atoms with Gasteiger partial charge < -0.3 is 9.47 Å². The van der Waals surface area contributed by atoms with Crippen LogP contribution in [0.25, 0.3) is 0 Å². The second-order valence-electron chi connectivity index (χ2n) is 10.5. The van der Waals surface area contributed by atoms with Crippen molar-refractivity contribution in [3.8, 4) is 0 Å². The summed E-state index contributed by atoms with van der Waals surface area (Å²) in [4.78, 5) is 32.2. The molecule has 6 heteroatoms. The third kappa shape index (κ3) is 5.10. The van der Waals surface area contributed by atoms with E-state index in [0.717, 1.165) is 22.3 Å². The summed E-state index contributed by atoms with van der Waals surface area (Å²) in [5.74, 6) is -0.388. The van der Waals surface area contributed by atoms with Crippen LogP contribution in [-0.4, -0.2) is 40.5 Å². The highest BCUT2D eigenvalue weighted by Crippen LogP contribution is 2.49. The first-order chi connectivity index (χ1) is 19.6. The van der Waals surface area contributed by atoms with Crippen LogP contribution in [0.15, 0.2) is 121 Å². The minimum absolute atomic E-state index is 0.118. The predicted molar refractivity (Wildman–Crippen MR) is 152 cm³/mol.